The van der Waals surface area contributed by atoms with Crippen LogP contribution in [0, 0.1) is 12.8 Å². The number of hydrogen-bond donors (Lipinski definition) is 1. The van der Waals surface area contributed by atoms with Crippen LogP contribution in [-0.2, 0) is 19.1 Å². The lowest BCUT2D eigenvalue weighted by Crippen LogP contribution is -2.39. The van der Waals surface area contributed by atoms with Crippen molar-refractivity contribution < 1.29 is 9.90 Å². The molecule has 4 heterocycles. The summed E-state index contributed by atoms with van der Waals surface area (Å²) in [6.45, 7) is 6.78. The molecule has 7 nitrogen and oxygen atoms in total. The highest BCUT2D eigenvalue weighted by molar-refractivity contribution is 7.09. The highest BCUT2D eigenvalue weighted by atomic mass is 35.5. The van der Waals surface area contributed by atoms with Crippen LogP contribution in [0.2, 0.25) is 5.02 Å². The summed E-state index contributed by atoms with van der Waals surface area (Å²) < 4.78 is 1.97. The maximum atomic E-state index is 13.5. The Bertz CT molecular complexity index is 1430. The number of carbonyl (C=O) groups excluding carboxylic acids is 1. The molecule has 0 bridgehead atoms. The fraction of sp³-hybridized carbons (Fsp3) is 0.407. The number of carbonyl (C=O) groups is 1. The van der Waals surface area contributed by atoms with Gasteiger partial charge in [0.1, 0.15) is 5.60 Å². The van der Waals surface area contributed by atoms with Gasteiger partial charge < -0.3 is 14.6 Å². The Morgan fingerprint density at radius 2 is 2.00 bits per heavy atom. The van der Waals surface area contributed by atoms with Gasteiger partial charge in [-0.1, -0.05) is 11.6 Å². The summed E-state index contributed by atoms with van der Waals surface area (Å²) in [5.74, 6) is 0.842. The Kier molecular flexibility index (Phi) is 6.61. The summed E-state index contributed by atoms with van der Waals surface area (Å²) in [5, 5.41) is 14.9. The van der Waals surface area contributed by atoms with Crippen LogP contribution in [0.5, 0.6) is 0 Å². The number of benzene rings is 1. The minimum atomic E-state index is -1.16. The Morgan fingerprint density at radius 3 is 2.67 bits per heavy atom. The van der Waals surface area contributed by atoms with Crippen molar-refractivity contribution in [2.45, 2.75) is 45.6 Å². The van der Waals surface area contributed by atoms with E-state index in [2.05, 4.69) is 20.3 Å². The van der Waals surface area contributed by atoms with Crippen LogP contribution < -0.4 is 0 Å². The van der Waals surface area contributed by atoms with Gasteiger partial charge in [0.05, 0.1) is 27.0 Å². The molecule has 0 radical (unpaired) electrons. The number of rotatable bonds is 5. The van der Waals surface area contributed by atoms with Gasteiger partial charge in [-0.25, -0.2) is 15.0 Å². The SMILES string of the molecule is Cc1nc(CC2CCN(C(=O)c3cc4c(-c5ccnc(C(C)(C)O)n5)cn(C)c4cc3Cl)CC2)cs1. The number of aliphatic hydroxyl groups is 1. The van der Waals surface area contributed by atoms with Gasteiger partial charge in [-0.15, -0.1) is 11.3 Å². The third kappa shape index (κ3) is 4.90. The first-order valence-corrected chi connectivity index (χ1v) is 13.4. The zero-order valence-electron chi connectivity index (χ0n) is 21.0. The fourth-order valence-electron chi connectivity index (χ4n) is 4.88. The molecule has 0 aliphatic carbocycles. The van der Waals surface area contributed by atoms with Crippen molar-refractivity contribution in [3.63, 3.8) is 0 Å². The number of aromatic nitrogens is 4. The van der Waals surface area contributed by atoms with Gasteiger partial charge in [0.15, 0.2) is 5.82 Å². The van der Waals surface area contributed by atoms with Crippen LogP contribution in [0.1, 0.15) is 53.6 Å². The zero-order chi connectivity index (χ0) is 25.6. The molecule has 3 aromatic heterocycles. The van der Waals surface area contributed by atoms with Crippen LogP contribution in [0.15, 0.2) is 36.0 Å². The molecule has 1 aromatic carbocycles. The van der Waals surface area contributed by atoms with E-state index in [0.717, 1.165) is 46.4 Å². The lowest BCUT2D eigenvalue weighted by Gasteiger charge is -2.32. The van der Waals surface area contributed by atoms with Crippen LogP contribution in [0.3, 0.4) is 0 Å². The van der Waals surface area contributed by atoms with Crippen molar-refractivity contribution in [1.82, 2.24) is 24.4 Å². The lowest BCUT2D eigenvalue weighted by molar-refractivity contribution is 0.0683. The molecule has 5 rings (SSSR count). The molecule has 4 aromatic rings. The Hall–Kier alpha value is -2.81. The predicted octanol–water partition coefficient (Wildman–Crippen LogP) is 5.38. The number of piperidine rings is 1. The zero-order valence-corrected chi connectivity index (χ0v) is 22.5. The molecule has 36 heavy (non-hydrogen) atoms. The van der Waals surface area contributed by atoms with E-state index >= 15 is 0 Å². The molecule has 1 aliphatic heterocycles. The van der Waals surface area contributed by atoms with Crippen LogP contribution >= 0.6 is 22.9 Å². The first-order chi connectivity index (χ1) is 17.1. The van der Waals surface area contributed by atoms with Crippen molar-refractivity contribution in [2.75, 3.05) is 13.1 Å². The standard InChI is InChI=1S/C27H30ClN5O2S/c1-16-30-18(15-36-16)11-17-6-9-33(10-7-17)25(34)20-12-19-21(14-32(4)24(19)13-22(20)28)23-5-8-29-26(31-23)27(2,3)35/h5,8,12-15,17,35H,6-7,9-11H2,1-4H3. The highest BCUT2D eigenvalue weighted by Crippen LogP contribution is 2.34. The quantitative estimate of drug-likeness (QED) is 0.380. The number of nitrogens with zero attached hydrogens (tertiary/aromatic N) is 5. The molecule has 0 unspecified atom stereocenters. The second-order valence-corrected chi connectivity index (χ2v) is 11.6. The summed E-state index contributed by atoms with van der Waals surface area (Å²) >= 11 is 8.33. The third-order valence-electron chi connectivity index (χ3n) is 6.85. The number of amides is 1. The molecular weight excluding hydrogens is 494 g/mol. The van der Waals surface area contributed by atoms with Crippen molar-refractivity contribution in [1.29, 1.82) is 0 Å². The summed E-state index contributed by atoms with van der Waals surface area (Å²) in [4.78, 5) is 28.9. The van der Waals surface area contributed by atoms with E-state index in [1.54, 1.807) is 31.4 Å². The predicted molar refractivity (Wildman–Crippen MR) is 143 cm³/mol. The second-order valence-electron chi connectivity index (χ2n) is 10.1. The largest absolute Gasteiger partial charge is 0.382 e. The van der Waals surface area contributed by atoms with Gasteiger partial charge in [0, 0.05) is 54.4 Å². The van der Waals surface area contributed by atoms with E-state index < -0.39 is 5.60 Å². The maximum Gasteiger partial charge on any atom is 0.255 e. The Morgan fingerprint density at radius 1 is 1.25 bits per heavy atom. The van der Waals surface area contributed by atoms with Gasteiger partial charge in [0.25, 0.3) is 5.91 Å². The van der Waals surface area contributed by atoms with Gasteiger partial charge in [-0.2, -0.15) is 0 Å². The molecule has 1 saturated heterocycles. The van der Waals surface area contributed by atoms with Gasteiger partial charge in [0.2, 0.25) is 0 Å². The Balaban J connectivity index is 1.40. The third-order valence-corrected chi connectivity index (χ3v) is 7.99. The summed E-state index contributed by atoms with van der Waals surface area (Å²) in [5.41, 5.74) is 2.96. The number of likely N-dealkylation sites (tertiary alicyclic amines) is 1. The molecule has 1 aliphatic rings. The van der Waals surface area contributed by atoms with E-state index in [1.807, 2.05) is 47.8 Å². The van der Waals surface area contributed by atoms with Crippen LogP contribution in [-0.4, -0.2) is 48.5 Å². The minimum Gasteiger partial charge on any atom is -0.382 e. The monoisotopic (exact) mass is 523 g/mol. The summed E-state index contributed by atoms with van der Waals surface area (Å²) in [6.07, 6.45) is 6.50. The van der Waals surface area contributed by atoms with E-state index in [-0.39, 0.29) is 5.91 Å². The molecular formula is C27H30ClN5O2S. The first kappa shape index (κ1) is 24.9. The van der Waals surface area contributed by atoms with E-state index in [4.69, 9.17) is 11.6 Å². The van der Waals surface area contributed by atoms with E-state index in [0.29, 0.717) is 41.1 Å². The van der Waals surface area contributed by atoms with Crippen LogP contribution in [0.4, 0.5) is 0 Å². The smallest absolute Gasteiger partial charge is 0.255 e. The van der Waals surface area contributed by atoms with Gasteiger partial charge in [-0.05, 0) is 64.2 Å². The average molecular weight is 524 g/mol. The summed E-state index contributed by atoms with van der Waals surface area (Å²) in [7, 11) is 1.94. The number of halogens is 1. The number of fused-ring (bicyclic) bond motifs is 1. The van der Waals surface area contributed by atoms with Crippen LogP contribution in [0.25, 0.3) is 22.2 Å². The summed E-state index contributed by atoms with van der Waals surface area (Å²) in [6, 6.07) is 5.54. The van der Waals surface area contributed by atoms with Crippen molar-refractivity contribution >= 4 is 39.7 Å². The molecule has 0 saturated carbocycles. The van der Waals surface area contributed by atoms with Crippen molar-refractivity contribution in [3.05, 3.63) is 63.1 Å². The molecule has 1 fully saturated rings. The number of thiazole rings is 1. The molecule has 1 N–H and O–H groups in total. The van der Waals surface area contributed by atoms with E-state index in [1.165, 1.54) is 0 Å². The fourth-order valence-corrected chi connectivity index (χ4v) is 5.75. The topological polar surface area (TPSA) is 84.1 Å². The molecule has 9 heteroatoms. The van der Waals surface area contributed by atoms with Gasteiger partial charge >= 0.3 is 0 Å². The highest BCUT2D eigenvalue weighted by Gasteiger charge is 2.27. The van der Waals surface area contributed by atoms with E-state index in [9.17, 15) is 9.90 Å². The first-order valence-electron chi connectivity index (χ1n) is 12.2. The molecule has 188 valence electrons. The number of aryl methyl sites for hydroxylation is 2. The lowest BCUT2D eigenvalue weighted by atomic mass is 9.92. The Labute approximate surface area is 219 Å². The second kappa shape index (κ2) is 9.57. The van der Waals surface area contributed by atoms with Crippen molar-refractivity contribution in [3.8, 4) is 11.3 Å². The average Bonchev–Trinajstić information content (AvgIpc) is 3.40. The normalized spacial score (nSPS) is 15.1. The van der Waals surface area contributed by atoms with Crippen molar-refractivity contribution in [2.24, 2.45) is 13.0 Å². The minimum absolute atomic E-state index is 0.0421. The maximum absolute atomic E-state index is 13.5. The molecule has 0 atom stereocenters. The van der Waals surface area contributed by atoms with Gasteiger partial charge in [-0.3, -0.25) is 4.79 Å². The molecule has 0 spiro atoms. The molecule has 1 amide bonds. The number of hydrogen-bond acceptors (Lipinski definition) is 6.